The zero-order valence-electron chi connectivity index (χ0n) is 20.7. The summed E-state index contributed by atoms with van der Waals surface area (Å²) in [5.41, 5.74) is -0.695. The lowest BCUT2D eigenvalue weighted by atomic mass is 9.96. The number of halogens is 1. The van der Waals surface area contributed by atoms with Crippen LogP contribution in [0.2, 0.25) is 0 Å². The number of benzene rings is 2. The first kappa shape index (κ1) is 25.1. The van der Waals surface area contributed by atoms with Gasteiger partial charge in [-0.05, 0) is 50.1 Å². The molecule has 0 atom stereocenters. The van der Waals surface area contributed by atoms with Crippen molar-refractivity contribution in [2.24, 2.45) is 7.05 Å². The number of rotatable bonds is 6. The molecule has 0 bridgehead atoms. The largest absolute Gasteiger partial charge is 0.352 e. The summed E-state index contributed by atoms with van der Waals surface area (Å²) in [6, 6.07) is 11.0. The van der Waals surface area contributed by atoms with Crippen LogP contribution in [0.4, 0.5) is 26.2 Å². The smallest absolute Gasteiger partial charge is 0.337 e. The first-order valence-electron chi connectivity index (χ1n) is 12.1. The van der Waals surface area contributed by atoms with Gasteiger partial charge in [0.1, 0.15) is 24.7 Å². The second kappa shape index (κ2) is 9.69. The van der Waals surface area contributed by atoms with Gasteiger partial charge in [0.05, 0.1) is 17.1 Å². The molecule has 1 aliphatic carbocycles. The van der Waals surface area contributed by atoms with E-state index in [0.29, 0.717) is 30.8 Å². The predicted octanol–water partition coefficient (Wildman–Crippen LogP) is 2.00. The normalized spacial score (nSPS) is 12.9. The molecule has 38 heavy (non-hydrogen) atoms. The van der Waals surface area contributed by atoms with Crippen LogP contribution in [0.1, 0.15) is 25.8 Å². The first-order valence-corrected chi connectivity index (χ1v) is 12.1. The number of hydrogen-bond donors (Lipinski definition) is 3. The van der Waals surface area contributed by atoms with E-state index in [0.717, 1.165) is 6.07 Å². The average molecular weight is 514 g/mol. The molecule has 1 saturated carbocycles. The Morgan fingerprint density at radius 3 is 2.53 bits per heavy atom. The summed E-state index contributed by atoms with van der Waals surface area (Å²) in [6.07, 6.45) is 1.31. The van der Waals surface area contributed by atoms with Gasteiger partial charge in [-0.1, -0.05) is 17.6 Å². The Bertz CT molecular complexity index is 1770. The maximum atomic E-state index is 14.6. The van der Waals surface area contributed by atoms with Gasteiger partial charge in [0, 0.05) is 31.4 Å². The number of urea groups is 1. The number of pyridine rings is 1. The third kappa shape index (κ3) is 4.49. The highest BCUT2D eigenvalue weighted by Gasteiger charge is 2.31. The molecule has 0 aliphatic heterocycles. The van der Waals surface area contributed by atoms with E-state index in [1.54, 1.807) is 31.2 Å². The van der Waals surface area contributed by atoms with E-state index < -0.39 is 28.7 Å². The Hall–Kier alpha value is -4.61. The van der Waals surface area contributed by atoms with Crippen LogP contribution < -0.4 is 38.2 Å². The molecule has 192 valence electrons. The minimum atomic E-state index is -0.668. The number of anilines is 3. The quantitative estimate of drug-likeness (QED) is 0.340. The van der Waals surface area contributed by atoms with Crippen LogP contribution in [0, 0.1) is 5.82 Å². The number of amides is 2. The highest BCUT2D eigenvalue weighted by Crippen LogP contribution is 2.33. The molecular weight excluding hydrogens is 490 g/mol. The van der Waals surface area contributed by atoms with E-state index in [-0.39, 0.29) is 33.9 Å². The molecule has 0 spiro atoms. The van der Waals surface area contributed by atoms with Crippen LogP contribution in [-0.4, -0.2) is 34.1 Å². The molecule has 3 N–H and O–H groups in total. The van der Waals surface area contributed by atoms with Crippen molar-refractivity contribution in [2.75, 3.05) is 17.2 Å². The SMILES string of the molecule is [B]c1ccc(Nc2cc(=O)n(C)c3c2c(=O)n(C2CC2)c(=O)n3-c2cccc(NC(=O)NCC)c2)c(F)c1. The van der Waals surface area contributed by atoms with Gasteiger partial charge in [-0.2, -0.15) is 0 Å². The molecule has 12 heteroatoms. The van der Waals surface area contributed by atoms with Crippen molar-refractivity contribution in [1.82, 2.24) is 19.0 Å². The summed E-state index contributed by atoms with van der Waals surface area (Å²) < 4.78 is 18.3. The highest BCUT2D eigenvalue weighted by atomic mass is 19.1. The van der Waals surface area contributed by atoms with E-state index in [1.807, 2.05) is 0 Å². The number of aromatic nitrogens is 3. The van der Waals surface area contributed by atoms with Crippen molar-refractivity contribution < 1.29 is 9.18 Å². The number of carbonyl (C=O) groups excluding carboxylic acids is 1. The van der Waals surface area contributed by atoms with E-state index in [4.69, 9.17) is 7.85 Å². The van der Waals surface area contributed by atoms with Crippen LogP contribution >= 0.6 is 0 Å². The first-order chi connectivity index (χ1) is 18.2. The lowest BCUT2D eigenvalue weighted by Gasteiger charge is -2.19. The number of nitrogens with zero attached hydrogens (tertiary/aromatic N) is 3. The number of hydrogen-bond acceptors (Lipinski definition) is 5. The Kier molecular flexibility index (Phi) is 6.39. The summed E-state index contributed by atoms with van der Waals surface area (Å²) in [4.78, 5) is 52.6. The summed E-state index contributed by atoms with van der Waals surface area (Å²) >= 11 is 0. The molecule has 2 heterocycles. The molecular formula is C26H24BFN6O4. The van der Waals surface area contributed by atoms with E-state index in [2.05, 4.69) is 16.0 Å². The number of aryl methyl sites for hydroxylation is 1. The second-order valence-corrected chi connectivity index (χ2v) is 9.08. The maximum Gasteiger partial charge on any atom is 0.337 e. The number of fused-ring (bicyclic) bond motifs is 1. The Balaban J connectivity index is 1.80. The summed E-state index contributed by atoms with van der Waals surface area (Å²) in [5.74, 6) is -0.668. The molecule has 5 rings (SSSR count). The van der Waals surface area contributed by atoms with Gasteiger partial charge < -0.3 is 16.0 Å². The third-order valence-corrected chi connectivity index (χ3v) is 6.32. The third-order valence-electron chi connectivity index (χ3n) is 6.32. The molecule has 0 saturated heterocycles. The van der Waals surface area contributed by atoms with Gasteiger partial charge in [0.15, 0.2) is 0 Å². The minimum absolute atomic E-state index is 0.0111. The van der Waals surface area contributed by atoms with E-state index >= 15 is 0 Å². The van der Waals surface area contributed by atoms with Gasteiger partial charge >= 0.3 is 11.7 Å². The Morgan fingerprint density at radius 2 is 1.84 bits per heavy atom. The molecule has 0 unspecified atom stereocenters. The lowest BCUT2D eigenvalue weighted by Crippen LogP contribution is -2.41. The zero-order valence-corrected chi connectivity index (χ0v) is 20.7. The molecule has 2 aromatic heterocycles. The predicted molar refractivity (Wildman–Crippen MR) is 145 cm³/mol. The van der Waals surface area contributed by atoms with Crippen molar-refractivity contribution in [3.8, 4) is 5.69 Å². The fourth-order valence-electron chi connectivity index (χ4n) is 4.39. The standard InChI is InChI=1S/C26H24BFN6O4/c1-3-29-25(37)30-15-5-4-6-17(12-15)33-23-22(24(36)34(26(33)38)16-8-9-16)20(13-21(35)32(23)2)31-19-10-7-14(27)11-18(19)28/h4-7,10-13,16,31H,3,8-9H2,1-2H3,(H2,29,30,37). The molecule has 2 radical (unpaired) electrons. The maximum absolute atomic E-state index is 14.6. The summed E-state index contributed by atoms with van der Waals surface area (Å²) in [7, 11) is 7.11. The fraction of sp³-hybridized carbons (Fsp3) is 0.231. The van der Waals surface area contributed by atoms with Gasteiger partial charge in [-0.25, -0.2) is 18.5 Å². The molecule has 10 nitrogen and oxygen atoms in total. The molecule has 2 aromatic carbocycles. The van der Waals surface area contributed by atoms with E-state index in [9.17, 15) is 23.6 Å². The van der Waals surface area contributed by atoms with Crippen LogP contribution in [0.5, 0.6) is 0 Å². The van der Waals surface area contributed by atoms with Crippen molar-refractivity contribution >= 4 is 47.4 Å². The van der Waals surface area contributed by atoms with E-state index in [1.165, 1.54) is 38.9 Å². The molecule has 1 aliphatic rings. The van der Waals surface area contributed by atoms with Gasteiger partial charge in [-0.15, -0.1) is 0 Å². The van der Waals surface area contributed by atoms with Gasteiger partial charge in [-0.3, -0.25) is 18.7 Å². The molecule has 1 fully saturated rings. The van der Waals surface area contributed by atoms with Crippen molar-refractivity contribution in [1.29, 1.82) is 0 Å². The fourth-order valence-corrected chi connectivity index (χ4v) is 4.39. The Labute approximate surface area is 217 Å². The number of nitrogens with one attached hydrogen (secondary N) is 3. The van der Waals surface area contributed by atoms with Crippen molar-refractivity contribution in [3.05, 3.63) is 85.5 Å². The second-order valence-electron chi connectivity index (χ2n) is 9.08. The molecule has 2 amide bonds. The topological polar surface area (TPSA) is 119 Å². The lowest BCUT2D eigenvalue weighted by molar-refractivity contribution is 0.252. The highest BCUT2D eigenvalue weighted by molar-refractivity contribution is 6.32. The number of carbonyl (C=O) groups is 1. The zero-order chi connectivity index (χ0) is 27.1. The van der Waals surface area contributed by atoms with Gasteiger partial charge in [0.2, 0.25) is 0 Å². The minimum Gasteiger partial charge on any atom is -0.352 e. The Morgan fingerprint density at radius 1 is 1.08 bits per heavy atom. The van der Waals surface area contributed by atoms with Crippen LogP contribution in [0.25, 0.3) is 16.7 Å². The summed E-state index contributed by atoms with van der Waals surface area (Å²) in [5, 5.41) is 8.22. The average Bonchev–Trinajstić information content (AvgIpc) is 3.69. The van der Waals surface area contributed by atoms with Crippen LogP contribution in [0.3, 0.4) is 0 Å². The van der Waals surface area contributed by atoms with Crippen molar-refractivity contribution in [2.45, 2.75) is 25.8 Å². The van der Waals surface area contributed by atoms with Gasteiger partial charge in [0.25, 0.3) is 11.1 Å². The van der Waals surface area contributed by atoms with Crippen molar-refractivity contribution in [3.63, 3.8) is 0 Å². The molecule has 4 aromatic rings. The van der Waals surface area contributed by atoms with Crippen LogP contribution in [-0.2, 0) is 7.05 Å². The monoisotopic (exact) mass is 514 g/mol. The summed E-state index contributed by atoms with van der Waals surface area (Å²) in [6.45, 7) is 2.21. The van der Waals surface area contributed by atoms with Crippen LogP contribution in [0.15, 0.2) is 62.9 Å².